The molecule has 4 aromatic rings. The van der Waals surface area contributed by atoms with Gasteiger partial charge < -0.3 is 18.8 Å². The predicted molar refractivity (Wildman–Crippen MR) is 130 cm³/mol. The summed E-state index contributed by atoms with van der Waals surface area (Å²) in [6.45, 7) is 0.302. The molecule has 0 spiro atoms. The van der Waals surface area contributed by atoms with E-state index in [-0.39, 0.29) is 22.3 Å². The predicted octanol–water partition coefficient (Wildman–Crippen LogP) is 5.39. The second kappa shape index (κ2) is 9.07. The van der Waals surface area contributed by atoms with Gasteiger partial charge in [0.15, 0.2) is 16.9 Å². The van der Waals surface area contributed by atoms with E-state index >= 15 is 0 Å². The first-order valence-corrected chi connectivity index (χ1v) is 11.3. The number of nitrogens with zero attached hydrogens (tertiary/aromatic N) is 1. The van der Waals surface area contributed by atoms with Crippen LogP contribution in [0.4, 0.5) is 4.39 Å². The lowest BCUT2D eigenvalue weighted by atomic mass is 9.98. The molecule has 0 saturated carbocycles. The summed E-state index contributed by atoms with van der Waals surface area (Å²) in [6.07, 6.45) is 0.493. The molecule has 0 fully saturated rings. The average Bonchev–Trinajstić information content (AvgIpc) is 3.15. The molecule has 0 unspecified atom stereocenters. The van der Waals surface area contributed by atoms with Crippen molar-refractivity contribution in [1.29, 1.82) is 0 Å². The van der Waals surface area contributed by atoms with Gasteiger partial charge in [-0.25, -0.2) is 4.39 Å². The summed E-state index contributed by atoms with van der Waals surface area (Å²) < 4.78 is 30.5. The molecule has 178 valence electrons. The highest BCUT2D eigenvalue weighted by atomic mass is 35.5. The van der Waals surface area contributed by atoms with Crippen molar-refractivity contribution in [3.05, 3.63) is 104 Å². The fourth-order valence-electron chi connectivity index (χ4n) is 4.50. The summed E-state index contributed by atoms with van der Waals surface area (Å²) in [6, 6.07) is 15.5. The molecule has 1 aromatic heterocycles. The topological polar surface area (TPSA) is 69.0 Å². The van der Waals surface area contributed by atoms with Crippen molar-refractivity contribution in [2.75, 3.05) is 20.8 Å². The van der Waals surface area contributed by atoms with Crippen molar-refractivity contribution < 1.29 is 23.1 Å². The van der Waals surface area contributed by atoms with Crippen molar-refractivity contribution >= 4 is 28.5 Å². The van der Waals surface area contributed by atoms with Crippen LogP contribution in [0.2, 0.25) is 5.02 Å². The maximum Gasteiger partial charge on any atom is 0.290 e. The van der Waals surface area contributed by atoms with Crippen molar-refractivity contribution in [2.45, 2.75) is 12.5 Å². The number of amides is 1. The monoisotopic (exact) mass is 493 g/mol. The number of ether oxygens (including phenoxy) is 2. The molecule has 0 radical (unpaired) electrons. The summed E-state index contributed by atoms with van der Waals surface area (Å²) in [5, 5.41) is 0.625. The first kappa shape index (κ1) is 22.9. The molecule has 6 nitrogen and oxygen atoms in total. The van der Waals surface area contributed by atoms with Gasteiger partial charge in [0.05, 0.1) is 31.2 Å². The Morgan fingerprint density at radius 2 is 1.71 bits per heavy atom. The van der Waals surface area contributed by atoms with Crippen LogP contribution in [0.15, 0.2) is 69.9 Å². The third kappa shape index (κ3) is 4.02. The number of carbonyl (C=O) groups excluding carboxylic acids is 1. The van der Waals surface area contributed by atoms with E-state index in [1.807, 2.05) is 12.1 Å². The molecule has 0 bridgehead atoms. The maximum absolute atomic E-state index is 13.9. The molecule has 0 aliphatic carbocycles. The number of rotatable bonds is 6. The van der Waals surface area contributed by atoms with Gasteiger partial charge in [-0.2, -0.15) is 0 Å². The van der Waals surface area contributed by atoms with E-state index in [0.29, 0.717) is 35.1 Å². The first-order valence-electron chi connectivity index (χ1n) is 10.9. The minimum absolute atomic E-state index is 0.0265. The number of carbonyl (C=O) groups is 1. The molecule has 1 aliphatic heterocycles. The first-order chi connectivity index (χ1) is 16.9. The summed E-state index contributed by atoms with van der Waals surface area (Å²) >= 11 is 6.08. The Bertz CT molecular complexity index is 1500. The molecule has 0 N–H and O–H groups in total. The number of methoxy groups -OCH3 is 2. The second-order valence-corrected chi connectivity index (χ2v) is 8.64. The third-order valence-corrected chi connectivity index (χ3v) is 6.45. The largest absolute Gasteiger partial charge is 0.493 e. The smallest absolute Gasteiger partial charge is 0.290 e. The van der Waals surface area contributed by atoms with Crippen LogP contribution in [0, 0.1) is 5.82 Å². The van der Waals surface area contributed by atoms with Crippen LogP contribution in [0.5, 0.6) is 11.5 Å². The van der Waals surface area contributed by atoms with Crippen LogP contribution in [0.3, 0.4) is 0 Å². The van der Waals surface area contributed by atoms with Gasteiger partial charge in [-0.1, -0.05) is 29.8 Å². The zero-order valence-electron chi connectivity index (χ0n) is 19.0. The minimum atomic E-state index is -0.696. The fourth-order valence-corrected chi connectivity index (χ4v) is 4.63. The SMILES string of the molecule is COc1ccc(CCN2C(=O)c3oc4ccc(F)cc4c(=O)c3[C@H]2c2ccc(Cl)cc2)cc1OC. The lowest BCUT2D eigenvalue weighted by molar-refractivity contribution is 0.0730. The van der Waals surface area contributed by atoms with E-state index in [2.05, 4.69) is 0 Å². The lowest BCUT2D eigenvalue weighted by Crippen LogP contribution is -2.31. The number of hydrogen-bond acceptors (Lipinski definition) is 5. The minimum Gasteiger partial charge on any atom is -0.493 e. The zero-order chi connectivity index (χ0) is 24.7. The van der Waals surface area contributed by atoms with Crippen LogP contribution in [0.25, 0.3) is 11.0 Å². The van der Waals surface area contributed by atoms with Crippen LogP contribution < -0.4 is 14.9 Å². The van der Waals surface area contributed by atoms with Gasteiger partial charge in [-0.15, -0.1) is 0 Å². The van der Waals surface area contributed by atoms with Crippen LogP contribution in [0.1, 0.15) is 33.3 Å². The van der Waals surface area contributed by atoms with Gasteiger partial charge in [0.2, 0.25) is 5.76 Å². The molecular weight excluding hydrogens is 473 g/mol. The molecule has 1 aliphatic rings. The maximum atomic E-state index is 13.9. The van der Waals surface area contributed by atoms with Gasteiger partial charge in [0.25, 0.3) is 5.91 Å². The Morgan fingerprint density at radius 1 is 0.971 bits per heavy atom. The molecule has 3 aromatic carbocycles. The molecular formula is C27H21ClFNO5. The van der Waals surface area contributed by atoms with Crippen molar-refractivity contribution in [2.24, 2.45) is 0 Å². The van der Waals surface area contributed by atoms with Crippen LogP contribution >= 0.6 is 11.6 Å². The Hall–Kier alpha value is -3.84. The van der Waals surface area contributed by atoms with Crippen molar-refractivity contribution in [1.82, 2.24) is 4.90 Å². The number of hydrogen-bond donors (Lipinski definition) is 0. The summed E-state index contributed by atoms with van der Waals surface area (Å²) in [7, 11) is 3.12. The average molecular weight is 494 g/mol. The molecule has 1 amide bonds. The zero-order valence-corrected chi connectivity index (χ0v) is 19.8. The number of halogens is 2. The highest BCUT2D eigenvalue weighted by molar-refractivity contribution is 6.30. The fraction of sp³-hybridized carbons (Fsp3) is 0.185. The summed E-state index contributed by atoms with van der Waals surface area (Å²) in [4.78, 5) is 28.6. The van der Waals surface area contributed by atoms with E-state index in [1.165, 1.54) is 12.1 Å². The van der Waals surface area contributed by atoms with Gasteiger partial charge in [-0.3, -0.25) is 9.59 Å². The Labute approximate surface area is 205 Å². The van der Waals surface area contributed by atoms with E-state index in [1.54, 1.807) is 49.5 Å². The molecule has 2 heterocycles. The summed E-state index contributed by atoms with van der Waals surface area (Å²) in [5.74, 6) is 0.210. The van der Waals surface area contributed by atoms with Crippen molar-refractivity contribution in [3.8, 4) is 11.5 Å². The van der Waals surface area contributed by atoms with E-state index in [0.717, 1.165) is 11.6 Å². The van der Waals surface area contributed by atoms with E-state index < -0.39 is 23.2 Å². The number of benzene rings is 3. The van der Waals surface area contributed by atoms with Crippen molar-refractivity contribution in [3.63, 3.8) is 0 Å². The highest BCUT2D eigenvalue weighted by Crippen LogP contribution is 2.39. The highest BCUT2D eigenvalue weighted by Gasteiger charge is 2.42. The lowest BCUT2D eigenvalue weighted by Gasteiger charge is -2.25. The quantitative estimate of drug-likeness (QED) is 0.360. The second-order valence-electron chi connectivity index (χ2n) is 8.21. The van der Waals surface area contributed by atoms with Gasteiger partial charge in [0, 0.05) is 11.6 Å². The van der Waals surface area contributed by atoms with Crippen LogP contribution in [-0.2, 0) is 6.42 Å². The van der Waals surface area contributed by atoms with E-state index in [9.17, 15) is 14.0 Å². The molecule has 5 rings (SSSR count). The number of fused-ring (bicyclic) bond motifs is 2. The van der Waals surface area contributed by atoms with E-state index in [4.69, 9.17) is 25.5 Å². The Morgan fingerprint density at radius 3 is 2.43 bits per heavy atom. The van der Waals surface area contributed by atoms with Crippen LogP contribution in [-0.4, -0.2) is 31.6 Å². The third-order valence-electron chi connectivity index (χ3n) is 6.20. The van der Waals surface area contributed by atoms with Gasteiger partial charge in [-0.05, 0) is 60.0 Å². The Kier molecular flexibility index (Phi) is 5.94. The molecule has 35 heavy (non-hydrogen) atoms. The molecule has 0 saturated heterocycles. The normalized spacial score (nSPS) is 14.9. The molecule has 1 atom stereocenters. The standard InChI is InChI=1S/C27H21ClFNO5/c1-33-21-9-3-15(13-22(21)34-2)11-12-30-24(16-4-6-17(28)7-5-16)23-25(31)19-14-18(29)8-10-20(19)35-26(23)27(30)32/h3-10,13-14,24H,11-12H2,1-2H3/t24-/m1/s1. The van der Waals surface area contributed by atoms with Gasteiger partial charge in [0.1, 0.15) is 11.4 Å². The summed E-state index contributed by atoms with van der Waals surface area (Å²) in [5.41, 5.74) is 1.56. The molecule has 8 heteroatoms. The van der Waals surface area contributed by atoms with Gasteiger partial charge >= 0.3 is 0 Å². The Balaban J connectivity index is 1.58.